The van der Waals surface area contributed by atoms with E-state index in [2.05, 4.69) is 15.1 Å². The number of hydrogen-bond donors (Lipinski definition) is 0. The molecule has 1 fully saturated rings. The third kappa shape index (κ3) is 4.74. The predicted octanol–water partition coefficient (Wildman–Crippen LogP) is 4.16. The normalized spacial score (nSPS) is 15.5. The highest BCUT2D eigenvalue weighted by molar-refractivity contribution is 5.79. The zero-order valence-electron chi connectivity index (χ0n) is 17.7. The van der Waals surface area contributed by atoms with E-state index < -0.39 is 0 Å². The Kier molecular flexibility index (Phi) is 5.80. The SMILES string of the molecule is O=C(Cc1cccc(F)c1)N1CCC(Oc2ccccc2-c2nc(-c3ccncc3)no2)C1. The number of para-hydroxylation sites is 1. The van der Waals surface area contributed by atoms with Crippen LogP contribution in [0.3, 0.4) is 0 Å². The molecular formula is C25H21FN4O3. The van der Waals surface area contributed by atoms with Gasteiger partial charge in [-0.3, -0.25) is 9.78 Å². The van der Waals surface area contributed by atoms with E-state index in [1.54, 1.807) is 29.4 Å². The van der Waals surface area contributed by atoms with Gasteiger partial charge in [0.2, 0.25) is 11.7 Å². The summed E-state index contributed by atoms with van der Waals surface area (Å²) in [5.41, 5.74) is 2.16. The van der Waals surface area contributed by atoms with Gasteiger partial charge in [-0.1, -0.05) is 29.4 Å². The Morgan fingerprint density at radius 2 is 1.97 bits per heavy atom. The molecule has 0 aliphatic carbocycles. The molecule has 2 aromatic carbocycles. The number of likely N-dealkylation sites (tertiary alicyclic amines) is 1. The quantitative estimate of drug-likeness (QED) is 0.444. The van der Waals surface area contributed by atoms with Gasteiger partial charge in [-0.25, -0.2) is 4.39 Å². The summed E-state index contributed by atoms with van der Waals surface area (Å²) in [6, 6.07) is 17.2. The largest absolute Gasteiger partial charge is 0.488 e. The Bertz CT molecular complexity index is 1260. The summed E-state index contributed by atoms with van der Waals surface area (Å²) in [6.07, 6.45) is 4.05. The number of amides is 1. The van der Waals surface area contributed by atoms with Crippen LogP contribution in [0, 0.1) is 5.82 Å². The van der Waals surface area contributed by atoms with Crippen LogP contribution in [0.1, 0.15) is 12.0 Å². The van der Waals surface area contributed by atoms with Crippen molar-refractivity contribution in [3.05, 3.63) is 84.4 Å². The summed E-state index contributed by atoms with van der Waals surface area (Å²) >= 11 is 0. The fourth-order valence-corrected chi connectivity index (χ4v) is 3.86. The van der Waals surface area contributed by atoms with E-state index in [-0.39, 0.29) is 24.2 Å². The molecular weight excluding hydrogens is 423 g/mol. The number of aromatic nitrogens is 3. The van der Waals surface area contributed by atoms with Gasteiger partial charge in [-0.15, -0.1) is 0 Å². The number of rotatable bonds is 6. The molecule has 0 saturated carbocycles. The summed E-state index contributed by atoms with van der Waals surface area (Å²) in [4.78, 5) is 22.9. The van der Waals surface area contributed by atoms with Crippen LogP contribution in [0.2, 0.25) is 0 Å². The van der Waals surface area contributed by atoms with Gasteiger partial charge >= 0.3 is 0 Å². The number of carbonyl (C=O) groups excluding carboxylic acids is 1. The van der Waals surface area contributed by atoms with E-state index in [0.717, 1.165) is 5.56 Å². The van der Waals surface area contributed by atoms with Gasteiger partial charge in [0.05, 0.1) is 18.5 Å². The van der Waals surface area contributed by atoms with Gasteiger partial charge in [0, 0.05) is 30.9 Å². The molecule has 1 amide bonds. The van der Waals surface area contributed by atoms with Crippen molar-refractivity contribution in [1.29, 1.82) is 0 Å². The first-order valence-corrected chi connectivity index (χ1v) is 10.7. The third-order valence-corrected chi connectivity index (χ3v) is 5.52. The third-order valence-electron chi connectivity index (χ3n) is 5.52. The maximum absolute atomic E-state index is 13.4. The Morgan fingerprint density at radius 1 is 1.12 bits per heavy atom. The van der Waals surface area contributed by atoms with Crippen LogP contribution in [-0.2, 0) is 11.2 Å². The van der Waals surface area contributed by atoms with Crippen molar-refractivity contribution >= 4 is 5.91 Å². The maximum atomic E-state index is 13.4. The lowest BCUT2D eigenvalue weighted by Gasteiger charge is -2.18. The van der Waals surface area contributed by atoms with E-state index in [4.69, 9.17) is 9.26 Å². The average Bonchev–Trinajstić information content (AvgIpc) is 3.50. The molecule has 8 heteroatoms. The first-order chi connectivity index (χ1) is 16.2. The van der Waals surface area contributed by atoms with Gasteiger partial charge in [-0.05, 0) is 42.0 Å². The smallest absolute Gasteiger partial charge is 0.262 e. The zero-order chi connectivity index (χ0) is 22.6. The fourth-order valence-electron chi connectivity index (χ4n) is 3.86. The van der Waals surface area contributed by atoms with Crippen molar-refractivity contribution in [2.24, 2.45) is 0 Å². The molecule has 1 unspecified atom stereocenters. The lowest BCUT2D eigenvalue weighted by atomic mass is 10.1. The molecule has 3 heterocycles. The van der Waals surface area contributed by atoms with E-state index in [0.29, 0.717) is 48.1 Å². The van der Waals surface area contributed by atoms with Gasteiger partial charge in [-0.2, -0.15) is 4.98 Å². The second-order valence-electron chi connectivity index (χ2n) is 7.83. The number of benzene rings is 2. The molecule has 1 aliphatic rings. The Morgan fingerprint density at radius 3 is 2.82 bits per heavy atom. The minimum atomic E-state index is -0.340. The van der Waals surface area contributed by atoms with Crippen LogP contribution in [0.5, 0.6) is 5.75 Å². The van der Waals surface area contributed by atoms with Crippen LogP contribution < -0.4 is 4.74 Å². The van der Waals surface area contributed by atoms with Crippen molar-refractivity contribution in [3.8, 4) is 28.6 Å². The van der Waals surface area contributed by atoms with Crippen molar-refractivity contribution in [2.75, 3.05) is 13.1 Å². The second-order valence-corrected chi connectivity index (χ2v) is 7.83. The zero-order valence-corrected chi connectivity index (χ0v) is 17.7. The fraction of sp³-hybridized carbons (Fsp3) is 0.200. The summed E-state index contributed by atoms with van der Waals surface area (Å²) in [5, 5.41) is 4.07. The van der Waals surface area contributed by atoms with E-state index in [1.807, 2.05) is 36.4 Å². The van der Waals surface area contributed by atoms with Crippen LogP contribution in [0.25, 0.3) is 22.8 Å². The number of ether oxygens (including phenoxy) is 1. The first kappa shape index (κ1) is 20.8. The maximum Gasteiger partial charge on any atom is 0.262 e. The van der Waals surface area contributed by atoms with Gasteiger partial charge in [0.25, 0.3) is 5.89 Å². The molecule has 0 spiro atoms. The van der Waals surface area contributed by atoms with Crippen molar-refractivity contribution < 1.29 is 18.4 Å². The Hall–Kier alpha value is -4.07. The molecule has 166 valence electrons. The van der Waals surface area contributed by atoms with Crippen molar-refractivity contribution in [3.63, 3.8) is 0 Å². The summed E-state index contributed by atoms with van der Waals surface area (Å²) in [6.45, 7) is 1.06. The summed E-state index contributed by atoms with van der Waals surface area (Å²) in [7, 11) is 0. The number of nitrogens with zero attached hydrogens (tertiary/aromatic N) is 4. The molecule has 7 nitrogen and oxygen atoms in total. The first-order valence-electron chi connectivity index (χ1n) is 10.7. The molecule has 1 aliphatic heterocycles. The van der Waals surface area contributed by atoms with E-state index in [1.165, 1.54) is 12.1 Å². The number of hydrogen-bond acceptors (Lipinski definition) is 6. The van der Waals surface area contributed by atoms with Crippen molar-refractivity contribution in [1.82, 2.24) is 20.0 Å². The highest BCUT2D eigenvalue weighted by Crippen LogP contribution is 2.32. The van der Waals surface area contributed by atoms with Gasteiger partial charge < -0.3 is 14.2 Å². The minimum absolute atomic E-state index is 0.0427. The summed E-state index contributed by atoms with van der Waals surface area (Å²) in [5.74, 6) is 1.06. The minimum Gasteiger partial charge on any atom is -0.488 e. The number of pyridine rings is 1. The average molecular weight is 444 g/mol. The van der Waals surface area contributed by atoms with Gasteiger partial charge in [0.15, 0.2) is 0 Å². The predicted molar refractivity (Wildman–Crippen MR) is 119 cm³/mol. The van der Waals surface area contributed by atoms with Crippen LogP contribution in [-0.4, -0.2) is 45.1 Å². The highest BCUT2D eigenvalue weighted by atomic mass is 19.1. The van der Waals surface area contributed by atoms with Gasteiger partial charge in [0.1, 0.15) is 17.7 Å². The highest BCUT2D eigenvalue weighted by Gasteiger charge is 2.28. The van der Waals surface area contributed by atoms with Crippen molar-refractivity contribution in [2.45, 2.75) is 18.9 Å². The molecule has 5 rings (SSSR count). The van der Waals surface area contributed by atoms with Crippen LogP contribution in [0.15, 0.2) is 77.6 Å². The van der Waals surface area contributed by atoms with Crippen LogP contribution >= 0.6 is 0 Å². The molecule has 2 aromatic heterocycles. The number of carbonyl (C=O) groups is 1. The second kappa shape index (κ2) is 9.20. The molecule has 1 saturated heterocycles. The molecule has 0 radical (unpaired) electrons. The standard InChI is InChI=1S/C25H21FN4O3/c26-19-5-3-4-17(14-19)15-23(31)30-13-10-20(16-30)32-22-7-2-1-6-21(22)25-28-24(29-33-25)18-8-11-27-12-9-18/h1-9,11-12,14,20H,10,13,15-16H2. The Balaban J connectivity index is 1.27. The molecule has 1 atom stereocenters. The molecule has 4 aromatic rings. The van der Waals surface area contributed by atoms with Crippen LogP contribution in [0.4, 0.5) is 4.39 Å². The lowest BCUT2D eigenvalue weighted by molar-refractivity contribution is -0.129. The topological polar surface area (TPSA) is 81.4 Å². The monoisotopic (exact) mass is 444 g/mol. The molecule has 0 N–H and O–H groups in total. The Labute approximate surface area is 189 Å². The molecule has 0 bridgehead atoms. The number of halogens is 1. The summed E-state index contributed by atoms with van der Waals surface area (Å²) < 4.78 is 25.1. The van der Waals surface area contributed by atoms with E-state index in [9.17, 15) is 9.18 Å². The lowest BCUT2D eigenvalue weighted by Crippen LogP contribution is -2.32. The molecule has 33 heavy (non-hydrogen) atoms. The van der Waals surface area contributed by atoms with E-state index >= 15 is 0 Å².